The molecule has 3 aromatic rings. The van der Waals surface area contributed by atoms with E-state index >= 15 is 0 Å². The fourth-order valence-corrected chi connectivity index (χ4v) is 4.40. The second-order valence-corrected chi connectivity index (χ2v) is 8.08. The molecule has 152 valence electrons. The highest BCUT2D eigenvalue weighted by atomic mass is 32.2. The van der Waals surface area contributed by atoms with Gasteiger partial charge in [-0.25, -0.2) is 4.21 Å². The van der Waals surface area contributed by atoms with Crippen LogP contribution in [-0.2, 0) is 22.3 Å². The SMILES string of the molecule is O=S(C1CCOC1)N(Cc1ccc(-c2nnc(C(F)F)o2)cn1)c1ccccc1. The molecule has 2 atom stereocenters. The number of hydrogen-bond acceptors (Lipinski definition) is 6. The van der Waals surface area contributed by atoms with Gasteiger partial charge in [0.2, 0.25) is 5.89 Å². The van der Waals surface area contributed by atoms with Gasteiger partial charge in [-0.3, -0.25) is 9.29 Å². The minimum Gasteiger partial charge on any atom is -0.415 e. The van der Waals surface area contributed by atoms with Crippen LogP contribution in [0, 0.1) is 0 Å². The van der Waals surface area contributed by atoms with Crippen LogP contribution in [0.3, 0.4) is 0 Å². The normalized spacial score (nSPS) is 17.6. The Morgan fingerprint density at radius 3 is 2.62 bits per heavy atom. The van der Waals surface area contributed by atoms with E-state index in [1.165, 1.54) is 6.20 Å². The summed E-state index contributed by atoms with van der Waals surface area (Å²) >= 11 is 0. The van der Waals surface area contributed by atoms with Crippen molar-refractivity contribution in [1.29, 1.82) is 0 Å². The molecule has 0 aliphatic carbocycles. The second kappa shape index (κ2) is 8.75. The molecule has 29 heavy (non-hydrogen) atoms. The summed E-state index contributed by atoms with van der Waals surface area (Å²) in [6.07, 6.45) is -0.605. The van der Waals surface area contributed by atoms with Crippen molar-refractivity contribution in [2.75, 3.05) is 17.5 Å². The second-order valence-electron chi connectivity index (χ2n) is 6.42. The van der Waals surface area contributed by atoms with Crippen LogP contribution < -0.4 is 4.31 Å². The van der Waals surface area contributed by atoms with E-state index in [2.05, 4.69) is 15.2 Å². The third-order valence-electron chi connectivity index (χ3n) is 4.44. The van der Waals surface area contributed by atoms with E-state index in [1.54, 1.807) is 16.4 Å². The molecule has 1 aromatic carbocycles. The molecule has 0 saturated carbocycles. The molecule has 3 heterocycles. The fourth-order valence-electron chi connectivity index (χ4n) is 2.94. The van der Waals surface area contributed by atoms with Gasteiger partial charge in [0, 0.05) is 18.5 Å². The first-order chi connectivity index (χ1) is 14.1. The minimum atomic E-state index is -2.82. The van der Waals surface area contributed by atoms with E-state index in [9.17, 15) is 13.0 Å². The lowest BCUT2D eigenvalue weighted by molar-refractivity contribution is 0.116. The molecule has 4 rings (SSSR count). The molecule has 0 radical (unpaired) electrons. The summed E-state index contributed by atoms with van der Waals surface area (Å²) in [7, 11) is -1.28. The number of benzene rings is 1. The predicted octanol–water partition coefficient (Wildman–Crippen LogP) is 3.53. The van der Waals surface area contributed by atoms with Crippen molar-refractivity contribution in [2.45, 2.75) is 24.6 Å². The number of aromatic nitrogens is 3. The molecule has 1 fully saturated rings. The Morgan fingerprint density at radius 1 is 1.17 bits per heavy atom. The van der Waals surface area contributed by atoms with Crippen LogP contribution >= 0.6 is 0 Å². The zero-order valence-electron chi connectivity index (χ0n) is 15.3. The Balaban J connectivity index is 1.54. The Hall–Kier alpha value is -2.72. The van der Waals surface area contributed by atoms with Crippen molar-refractivity contribution in [2.24, 2.45) is 0 Å². The van der Waals surface area contributed by atoms with Gasteiger partial charge in [0.25, 0.3) is 5.89 Å². The highest BCUT2D eigenvalue weighted by molar-refractivity contribution is 7.87. The van der Waals surface area contributed by atoms with E-state index in [4.69, 9.17) is 9.15 Å². The van der Waals surface area contributed by atoms with Gasteiger partial charge in [0.05, 0.1) is 29.7 Å². The molecule has 7 nitrogen and oxygen atoms in total. The summed E-state index contributed by atoms with van der Waals surface area (Å²) in [5.41, 5.74) is 1.92. The van der Waals surface area contributed by atoms with Crippen molar-refractivity contribution >= 4 is 16.7 Å². The topological polar surface area (TPSA) is 81.4 Å². The third kappa shape index (κ3) is 4.48. The number of pyridine rings is 1. The zero-order valence-corrected chi connectivity index (χ0v) is 16.1. The fraction of sp³-hybridized carbons (Fsp3) is 0.316. The minimum absolute atomic E-state index is 0.0223. The van der Waals surface area contributed by atoms with Crippen molar-refractivity contribution < 1.29 is 22.1 Å². The predicted molar refractivity (Wildman–Crippen MR) is 102 cm³/mol. The molecule has 2 aromatic heterocycles. The van der Waals surface area contributed by atoms with Crippen LogP contribution in [0.15, 0.2) is 53.1 Å². The van der Waals surface area contributed by atoms with Gasteiger partial charge in [-0.05, 0) is 30.7 Å². The van der Waals surface area contributed by atoms with Gasteiger partial charge in [-0.15, -0.1) is 10.2 Å². The number of nitrogens with zero attached hydrogens (tertiary/aromatic N) is 4. The van der Waals surface area contributed by atoms with Gasteiger partial charge in [0.15, 0.2) is 0 Å². The first-order valence-electron chi connectivity index (χ1n) is 8.99. The summed E-state index contributed by atoms with van der Waals surface area (Å²) in [6, 6.07) is 12.8. The lowest BCUT2D eigenvalue weighted by atomic mass is 10.2. The quantitative estimate of drug-likeness (QED) is 0.582. The number of halogens is 2. The maximum atomic E-state index is 13.1. The summed E-state index contributed by atoms with van der Waals surface area (Å²) < 4.78 is 50.5. The Kier molecular flexibility index (Phi) is 5.91. The average Bonchev–Trinajstić information content (AvgIpc) is 3.45. The van der Waals surface area contributed by atoms with E-state index in [0.29, 0.717) is 31.0 Å². The van der Waals surface area contributed by atoms with Crippen LogP contribution in [0.1, 0.15) is 24.4 Å². The Labute approximate surface area is 168 Å². The lowest BCUT2D eigenvalue weighted by Crippen LogP contribution is -2.33. The smallest absolute Gasteiger partial charge is 0.314 e. The van der Waals surface area contributed by atoms with Crippen molar-refractivity contribution in [3.05, 3.63) is 60.2 Å². The van der Waals surface area contributed by atoms with Gasteiger partial charge in [-0.2, -0.15) is 8.78 Å². The summed E-state index contributed by atoms with van der Waals surface area (Å²) in [4.78, 5) is 4.36. The first kappa shape index (κ1) is 19.6. The number of alkyl halides is 2. The number of hydrogen-bond donors (Lipinski definition) is 0. The number of rotatable bonds is 7. The molecular formula is C19H18F2N4O3S. The van der Waals surface area contributed by atoms with Crippen molar-refractivity contribution in [3.8, 4) is 11.5 Å². The van der Waals surface area contributed by atoms with E-state index in [1.807, 2.05) is 30.3 Å². The Bertz CT molecular complexity index is 963. The van der Waals surface area contributed by atoms with Crippen LogP contribution in [0.2, 0.25) is 0 Å². The molecular weight excluding hydrogens is 402 g/mol. The van der Waals surface area contributed by atoms with Crippen LogP contribution in [0.5, 0.6) is 0 Å². The van der Waals surface area contributed by atoms with Gasteiger partial charge >= 0.3 is 6.43 Å². The molecule has 0 amide bonds. The summed E-state index contributed by atoms with van der Waals surface area (Å²) in [6.45, 7) is 1.39. The molecule has 1 saturated heterocycles. The third-order valence-corrected chi connectivity index (χ3v) is 6.16. The molecule has 1 aliphatic rings. The molecule has 0 N–H and O–H groups in total. The standard InChI is InChI=1S/C19H18F2N4O3S/c20-17(21)19-24-23-18(28-19)13-6-7-14(22-10-13)11-25(15-4-2-1-3-5-15)29(26)16-8-9-27-12-16/h1-7,10,16-17H,8-9,11-12H2. The van der Waals surface area contributed by atoms with Crippen LogP contribution in [0.4, 0.5) is 14.5 Å². The number of anilines is 1. The van der Waals surface area contributed by atoms with Gasteiger partial charge < -0.3 is 9.15 Å². The first-order valence-corrected chi connectivity index (χ1v) is 10.2. The van der Waals surface area contributed by atoms with Crippen molar-refractivity contribution in [1.82, 2.24) is 15.2 Å². The molecule has 2 unspecified atom stereocenters. The lowest BCUT2D eigenvalue weighted by Gasteiger charge is -2.25. The average molecular weight is 420 g/mol. The molecule has 0 bridgehead atoms. The van der Waals surface area contributed by atoms with Crippen molar-refractivity contribution in [3.63, 3.8) is 0 Å². The molecule has 0 spiro atoms. The Morgan fingerprint density at radius 2 is 2.00 bits per heavy atom. The monoisotopic (exact) mass is 420 g/mol. The summed E-state index contributed by atoms with van der Waals surface area (Å²) in [5, 5.41) is 6.86. The molecule has 10 heteroatoms. The van der Waals surface area contributed by atoms with E-state index < -0.39 is 23.3 Å². The van der Waals surface area contributed by atoms with Crippen LogP contribution in [-0.4, -0.2) is 37.9 Å². The van der Waals surface area contributed by atoms with Crippen LogP contribution in [0.25, 0.3) is 11.5 Å². The zero-order chi connectivity index (χ0) is 20.2. The maximum Gasteiger partial charge on any atom is 0.314 e. The molecule has 1 aliphatic heterocycles. The largest absolute Gasteiger partial charge is 0.415 e. The highest BCUT2D eigenvalue weighted by Gasteiger charge is 2.28. The summed E-state index contributed by atoms with van der Waals surface area (Å²) in [5.74, 6) is -0.751. The van der Waals surface area contributed by atoms with E-state index in [-0.39, 0.29) is 11.1 Å². The maximum absolute atomic E-state index is 13.1. The van der Waals surface area contributed by atoms with E-state index in [0.717, 1.165) is 12.1 Å². The van der Waals surface area contributed by atoms with Gasteiger partial charge in [0.1, 0.15) is 11.0 Å². The van der Waals surface area contributed by atoms with Gasteiger partial charge in [-0.1, -0.05) is 18.2 Å². The highest BCUT2D eigenvalue weighted by Crippen LogP contribution is 2.25. The number of para-hydroxylation sites is 1. The number of ether oxygens (including phenoxy) is 1.